The second kappa shape index (κ2) is 13.8. The van der Waals surface area contributed by atoms with Crippen LogP contribution in [0.1, 0.15) is 31.5 Å². The molecular formula is C25H33FN4O7S. The highest BCUT2D eigenvalue weighted by Gasteiger charge is 2.24. The second-order valence-corrected chi connectivity index (χ2v) is 10.6. The Hall–Kier alpha value is -2.90. The molecule has 3 heterocycles. The zero-order chi connectivity index (χ0) is 26.9. The summed E-state index contributed by atoms with van der Waals surface area (Å²) in [7, 11) is 0. The summed E-state index contributed by atoms with van der Waals surface area (Å²) in [5.41, 5.74) is -0.230. The molecule has 11 nitrogen and oxygen atoms in total. The normalized spacial score (nSPS) is 17.0. The van der Waals surface area contributed by atoms with Gasteiger partial charge in [-0.1, -0.05) is 0 Å². The first kappa shape index (κ1) is 28.1. The van der Waals surface area contributed by atoms with Crippen LogP contribution in [-0.4, -0.2) is 89.9 Å². The number of amides is 2. The van der Waals surface area contributed by atoms with E-state index < -0.39 is 17.5 Å². The maximum atomic E-state index is 14.8. The van der Waals surface area contributed by atoms with Gasteiger partial charge >= 0.3 is 6.09 Å². The monoisotopic (exact) mass is 552 g/mol. The predicted molar refractivity (Wildman–Crippen MR) is 139 cm³/mol. The van der Waals surface area contributed by atoms with E-state index in [-0.39, 0.29) is 42.5 Å². The lowest BCUT2D eigenvalue weighted by Gasteiger charge is -2.31. The minimum absolute atomic E-state index is 0.0788. The van der Waals surface area contributed by atoms with Gasteiger partial charge in [-0.15, -0.1) is 0 Å². The number of nitrogens with one attached hydrogen (secondary N) is 2. The molecule has 38 heavy (non-hydrogen) atoms. The molecule has 2 saturated heterocycles. The number of halogens is 1. The standard InChI is InChI=1S/C25H33FN4O7S/c26-19-11-17(12-20-23(19)24(32)29-21(28-20)15-38-18-3-8-35-9-4-18)37-13-16-1-6-30(7-2-16)22(31)14-36-10-5-27-25(33)34/h11-12,16,18,27H,1-10,13-15H2,(H,33,34)(H,28,29,32). The molecule has 2 amide bonds. The molecule has 2 aromatic rings. The van der Waals surface area contributed by atoms with E-state index >= 15 is 0 Å². The van der Waals surface area contributed by atoms with Crippen molar-refractivity contribution in [2.45, 2.75) is 36.7 Å². The zero-order valence-electron chi connectivity index (χ0n) is 21.1. The van der Waals surface area contributed by atoms with Gasteiger partial charge in [-0.3, -0.25) is 9.59 Å². The molecule has 0 saturated carbocycles. The number of likely N-dealkylation sites (tertiary alicyclic amines) is 1. The first-order valence-electron chi connectivity index (χ1n) is 12.8. The molecule has 208 valence electrons. The van der Waals surface area contributed by atoms with Crippen LogP contribution in [0.3, 0.4) is 0 Å². The smallest absolute Gasteiger partial charge is 0.404 e. The number of nitrogens with zero attached hydrogens (tertiary/aromatic N) is 2. The van der Waals surface area contributed by atoms with E-state index in [4.69, 9.17) is 19.3 Å². The van der Waals surface area contributed by atoms with E-state index in [1.165, 1.54) is 6.07 Å². The molecule has 2 aliphatic rings. The first-order valence-corrected chi connectivity index (χ1v) is 13.8. The van der Waals surface area contributed by atoms with Crippen molar-refractivity contribution in [2.24, 2.45) is 5.92 Å². The van der Waals surface area contributed by atoms with E-state index in [0.717, 1.165) is 38.9 Å². The van der Waals surface area contributed by atoms with Crippen LogP contribution in [0.15, 0.2) is 16.9 Å². The van der Waals surface area contributed by atoms with Gasteiger partial charge < -0.3 is 34.5 Å². The van der Waals surface area contributed by atoms with Gasteiger partial charge in [0.05, 0.1) is 24.5 Å². The largest absolute Gasteiger partial charge is 0.493 e. The maximum absolute atomic E-state index is 14.8. The number of ether oxygens (including phenoxy) is 3. The van der Waals surface area contributed by atoms with Crippen molar-refractivity contribution < 1.29 is 33.3 Å². The molecule has 2 aliphatic heterocycles. The molecule has 0 radical (unpaired) electrons. The van der Waals surface area contributed by atoms with Crippen molar-refractivity contribution in [3.8, 4) is 5.75 Å². The van der Waals surface area contributed by atoms with Crippen LogP contribution in [0.25, 0.3) is 10.9 Å². The van der Waals surface area contributed by atoms with E-state index in [2.05, 4.69) is 15.3 Å². The van der Waals surface area contributed by atoms with Gasteiger partial charge in [0.15, 0.2) is 0 Å². The number of H-pyrrole nitrogens is 1. The fourth-order valence-electron chi connectivity index (χ4n) is 4.48. The Kier molecular flexibility index (Phi) is 10.2. The van der Waals surface area contributed by atoms with Gasteiger partial charge in [-0.2, -0.15) is 11.8 Å². The predicted octanol–water partition coefficient (Wildman–Crippen LogP) is 2.38. The average molecular weight is 553 g/mol. The Morgan fingerprint density at radius 2 is 2.00 bits per heavy atom. The molecule has 2 fully saturated rings. The number of piperidine rings is 1. The van der Waals surface area contributed by atoms with Gasteiger partial charge in [-0.25, -0.2) is 14.2 Å². The molecule has 0 atom stereocenters. The summed E-state index contributed by atoms with van der Waals surface area (Å²) in [6.45, 7) is 3.10. The number of carboxylic acid groups (broad SMARTS) is 1. The Bertz CT molecular complexity index is 1170. The number of carbonyl (C=O) groups is 2. The molecule has 1 aromatic heterocycles. The Morgan fingerprint density at radius 1 is 1.24 bits per heavy atom. The van der Waals surface area contributed by atoms with E-state index in [1.54, 1.807) is 22.7 Å². The summed E-state index contributed by atoms with van der Waals surface area (Å²) in [5, 5.41) is 11.1. The van der Waals surface area contributed by atoms with Crippen molar-refractivity contribution in [2.75, 3.05) is 52.7 Å². The summed E-state index contributed by atoms with van der Waals surface area (Å²) in [5.74, 6) is 0.737. The molecule has 3 N–H and O–H groups in total. The number of carbonyl (C=O) groups excluding carboxylic acids is 1. The van der Waals surface area contributed by atoms with Crippen molar-refractivity contribution in [1.29, 1.82) is 0 Å². The quantitative estimate of drug-likeness (QED) is 0.358. The third-order valence-electron chi connectivity index (χ3n) is 6.61. The number of fused-ring (bicyclic) bond motifs is 1. The summed E-state index contributed by atoms with van der Waals surface area (Å²) >= 11 is 1.72. The third kappa shape index (κ3) is 8.05. The lowest BCUT2D eigenvalue weighted by molar-refractivity contribution is -0.137. The summed E-state index contributed by atoms with van der Waals surface area (Å²) in [6.07, 6.45) is 2.25. The van der Waals surface area contributed by atoms with Crippen LogP contribution in [0.4, 0.5) is 9.18 Å². The number of aromatic nitrogens is 2. The highest BCUT2D eigenvalue weighted by Crippen LogP contribution is 2.26. The fourth-order valence-corrected chi connectivity index (χ4v) is 5.54. The number of aromatic amines is 1. The molecular weight excluding hydrogens is 519 g/mol. The number of hydrogen-bond donors (Lipinski definition) is 3. The average Bonchev–Trinajstić information content (AvgIpc) is 2.91. The Balaban J connectivity index is 1.26. The van der Waals surface area contributed by atoms with Crippen molar-refractivity contribution >= 4 is 34.7 Å². The van der Waals surface area contributed by atoms with Crippen molar-refractivity contribution in [3.05, 3.63) is 34.1 Å². The van der Waals surface area contributed by atoms with E-state index in [1.807, 2.05) is 0 Å². The van der Waals surface area contributed by atoms with E-state index in [0.29, 0.717) is 42.3 Å². The first-order chi connectivity index (χ1) is 18.4. The van der Waals surface area contributed by atoms with Crippen LogP contribution in [0.2, 0.25) is 0 Å². The van der Waals surface area contributed by atoms with Crippen LogP contribution in [-0.2, 0) is 20.0 Å². The van der Waals surface area contributed by atoms with Crippen LogP contribution in [0.5, 0.6) is 5.75 Å². The summed E-state index contributed by atoms with van der Waals surface area (Å²) in [6, 6.07) is 2.82. The van der Waals surface area contributed by atoms with Crippen molar-refractivity contribution in [3.63, 3.8) is 0 Å². The molecule has 13 heteroatoms. The molecule has 0 unspecified atom stereocenters. The summed E-state index contributed by atoms with van der Waals surface area (Å²) in [4.78, 5) is 44.1. The van der Waals surface area contributed by atoms with Crippen LogP contribution < -0.4 is 15.6 Å². The molecule has 4 rings (SSSR count). The van der Waals surface area contributed by atoms with Gasteiger partial charge in [-0.05, 0) is 31.6 Å². The van der Waals surface area contributed by atoms with Crippen LogP contribution >= 0.6 is 11.8 Å². The lowest BCUT2D eigenvalue weighted by Crippen LogP contribution is -2.41. The van der Waals surface area contributed by atoms with E-state index in [9.17, 15) is 18.8 Å². The fraction of sp³-hybridized carbons (Fsp3) is 0.600. The second-order valence-electron chi connectivity index (χ2n) is 9.35. The number of hydrogen-bond acceptors (Lipinski definition) is 8. The number of thioether (sulfide) groups is 1. The highest BCUT2D eigenvalue weighted by molar-refractivity contribution is 7.99. The molecule has 0 spiro atoms. The van der Waals surface area contributed by atoms with Crippen LogP contribution in [0, 0.1) is 11.7 Å². The lowest BCUT2D eigenvalue weighted by atomic mass is 9.98. The minimum atomic E-state index is -1.13. The number of rotatable bonds is 11. The molecule has 1 aromatic carbocycles. The molecule has 0 bridgehead atoms. The van der Waals surface area contributed by atoms with Gasteiger partial charge in [0, 0.05) is 50.2 Å². The SMILES string of the molecule is O=C(O)NCCOCC(=O)N1CCC(COc2cc(F)c3c(=O)[nH]c(CSC4CCOCC4)nc3c2)CC1. The Labute approximate surface area is 223 Å². The highest BCUT2D eigenvalue weighted by atomic mass is 32.2. The topological polar surface area (TPSA) is 143 Å². The third-order valence-corrected chi connectivity index (χ3v) is 7.99. The van der Waals surface area contributed by atoms with Gasteiger partial charge in [0.25, 0.3) is 5.56 Å². The zero-order valence-corrected chi connectivity index (χ0v) is 21.9. The maximum Gasteiger partial charge on any atom is 0.404 e. The minimum Gasteiger partial charge on any atom is -0.493 e. The number of benzene rings is 1. The Morgan fingerprint density at radius 3 is 2.74 bits per heavy atom. The molecule has 0 aliphatic carbocycles. The summed E-state index contributed by atoms with van der Waals surface area (Å²) < 4.78 is 31.3. The van der Waals surface area contributed by atoms with Crippen molar-refractivity contribution in [1.82, 2.24) is 20.2 Å². The van der Waals surface area contributed by atoms with Gasteiger partial charge in [0.1, 0.15) is 29.4 Å². The van der Waals surface area contributed by atoms with Gasteiger partial charge in [0.2, 0.25) is 5.91 Å².